The lowest BCUT2D eigenvalue weighted by molar-refractivity contribution is 0.0958. The molecule has 180 valence electrons. The number of imidazole rings is 1. The fourth-order valence-corrected chi connectivity index (χ4v) is 3.74. The van der Waals surface area contributed by atoms with E-state index in [1.807, 2.05) is 17.7 Å². The zero-order valence-corrected chi connectivity index (χ0v) is 19.3. The highest BCUT2D eigenvalue weighted by Gasteiger charge is 2.13. The third kappa shape index (κ3) is 4.56. The van der Waals surface area contributed by atoms with E-state index >= 15 is 0 Å². The van der Waals surface area contributed by atoms with Crippen LogP contribution >= 0.6 is 0 Å². The molecule has 0 fully saturated rings. The van der Waals surface area contributed by atoms with E-state index in [0.717, 1.165) is 5.52 Å². The number of amides is 1. The molecule has 2 aromatic carbocycles. The summed E-state index contributed by atoms with van der Waals surface area (Å²) in [4.78, 5) is 24.0. The highest BCUT2D eigenvalue weighted by atomic mass is 19.1. The number of anilines is 2. The van der Waals surface area contributed by atoms with Crippen LogP contribution in [0, 0.1) is 11.8 Å². The Balaban J connectivity index is 1.42. The second-order valence-corrected chi connectivity index (χ2v) is 7.89. The zero-order valence-electron chi connectivity index (χ0n) is 19.3. The summed E-state index contributed by atoms with van der Waals surface area (Å²) < 4.78 is 35.8. The minimum atomic E-state index is -0.685. The molecule has 2 N–H and O–H groups in total. The number of fused-ring (bicyclic) bond motifs is 1. The first-order valence-electron chi connectivity index (χ1n) is 10.9. The Morgan fingerprint density at radius 3 is 2.56 bits per heavy atom. The van der Waals surface area contributed by atoms with E-state index in [-0.39, 0.29) is 17.2 Å². The van der Waals surface area contributed by atoms with Gasteiger partial charge in [0.25, 0.3) is 5.91 Å². The number of nitrogens with one attached hydrogen (secondary N) is 2. The summed E-state index contributed by atoms with van der Waals surface area (Å²) in [5.41, 5.74) is 2.95. The number of carbonyl (C=O) groups excluding carboxylic acids is 1. The Kier molecular flexibility index (Phi) is 5.99. The molecule has 0 aliphatic heterocycles. The van der Waals surface area contributed by atoms with Crippen molar-refractivity contribution < 1.29 is 18.3 Å². The number of rotatable bonds is 6. The molecule has 0 saturated carbocycles. The summed E-state index contributed by atoms with van der Waals surface area (Å²) in [7, 11) is 3.38. The molecule has 0 spiro atoms. The molecule has 3 aromatic heterocycles. The molecule has 0 aliphatic rings. The van der Waals surface area contributed by atoms with Gasteiger partial charge in [-0.3, -0.25) is 9.78 Å². The van der Waals surface area contributed by atoms with Crippen molar-refractivity contribution >= 4 is 28.6 Å². The number of hydrogen-bond acceptors (Lipinski definition) is 6. The largest absolute Gasteiger partial charge is 0.457 e. The van der Waals surface area contributed by atoms with Gasteiger partial charge in [0.2, 0.25) is 11.9 Å². The first-order valence-corrected chi connectivity index (χ1v) is 10.9. The van der Waals surface area contributed by atoms with Gasteiger partial charge < -0.3 is 19.9 Å². The van der Waals surface area contributed by atoms with Crippen molar-refractivity contribution in [2.45, 2.75) is 0 Å². The summed E-state index contributed by atoms with van der Waals surface area (Å²) in [5.74, 6) is 0.0401. The van der Waals surface area contributed by atoms with Crippen LogP contribution in [0.4, 0.5) is 20.4 Å². The number of benzene rings is 2. The SMILES string of the molecule is CNC(=O)c1cc(Oc2ccc3c(c2)nc(Nc2ccc(F)c(-c4ccnc(F)c4)c2)n3C)ccn1. The van der Waals surface area contributed by atoms with Gasteiger partial charge in [-0.1, -0.05) is 0 Å². The molecule has 0 bridgehead atoms. The van der Waals surface area contributed by atoms with Crippen LogP contribution in [-0.4, -0.2) is 32.5 Å². The molecule has 0 radical (unpaired) electrons. The van der Waals surface area contributed by atoms with Gasteiger partial charge in [0.05, 0.1) is 11.0 Å². The van der Waals surface area contributed by atoms with Crippen LogP contribution < -0.4 is 15.4 Å². The zero-order chi connectivity index (χ0) is 25.2. The van der Waals surface area contributed by atoms with Crippen molar-refractivity contribution in [2.75, 3.05) is 12.4 Å². The molecule has 1 amide bonds. The third-order valence-electron chi connectivity index (χ3n) is 5.54. The Labute approximate surface area is 204 Å². The number of halogens is 2. The van der Waals surface area contributed by atoms with Crippen LogP contribution in [0.15, 0.2) is 73.1 Å². The van der Waals surface area contributed by atoms with E-state index in [1.165, 1.54) is 31.6 Å². The van der Waals surface area contributed by atoms with Crippen molar-refractivity contribution in [1.82, 2.24) is 24.8 Å². The second kappa shape index (κ2) is 9.41. The first-order chi connectivity index (χ1) is 17.4. The molecule has 0 aliphatic carbocycles. The van der Waals surface area contributed by atoms with Crippen LogP contribution in [0.2, 0.25) is 0 Å². The van der Waals surface area contributed by atoms with E-state index in [4.69, 9.17) is 4.74 Å². The molecule has 0 unspecified atom stereocenters. The molecule has 0 atom stereocenters. The number of ether oxygens (including phenoxy) is 1. The van der Waals surface area contributed by atoms with Crippen molar-refractivity contribution in [3.63, 3.8) is 0 Å². The summed E-state index contributed by atoms with van der Waals surface area (Å²) in [6, 6.07) is 15.8. The molecule has 5 rings (SSSR count). The van der Waals surface area contributed by atoms with E-state index in [2.05, 4.69) is 25.6 Å². The Hall–Kier alpha value is -4.86. The predicted molar refractivity (Wildman–Crippen MR) is 131 cm³/mol. The van der Waals surface area contributed by atoms with Crippen LogP contribution in [0.5, 0.6) is 11.5 Å². The van der Waals surface area contributed by atoms with Gasteiger partial charge in [-0.2, -0.15) is 4.39 Å². The quantitative estimate of drug-likeness (QED) is 0.320. The fourth-order valence-electron chi connectivity index (χ4n) is 3.74. The van der Waals surface area contributed by atoms with Gasteiger partial charge in [-0.05, 0) is 48.0 Å². The molecule has 36 heavy (non-hydrogen) atoms. The fraction of sp³-hybridized carbons (Fsp3) is 0.0769. The van der Waals surface area contributed by atoms with E-state index in [0.29, 0.717) is 34.2 Å². The predicted octanol–water partition coefficient (Wildman–Crippen LogP) is 5.20. The molecule has 5 aromatic rings. The van der Waals surface area contributed by atoms with Gasteiger partial charge in [0, 0.05) is 55.9 Å². The molecular formula is C26H20F2N6O2. The standard InChI is InChI=1S/C26H20F2N6O2/c1-29-25(35)22-14-18(8-10-30-22)36-17-4-6-23-21(13-17)33-26(34(23)2)32-16-3-5-20(27)19(12-16)15-7-9-31-24(28)11-15/h3-14H,1-2H3,(H,29,35)(H,32,33). The Morgan fingerprint density at radius 1 is 0.944 bits per heavy atom. The first kappa shape index (κ1) is 22.9. The lowest BCUT2D eigenvalue weighted by Crippen LogP contribution is -2.18. The van der Waals surface area contributed by atoms with E-state index in [9.17, 15) is 13.6 Å². The Bertz CT molecular complexity index is 1600. The number of hydrogen-bond donors (Lipinski definition) is 2. The maximum Gasteiger partial charge on any atom is 0.269 e. The lowest BCUT2D eigenvalue weighted by Gasteiger charge is -2.10. The number of aryl methyl sites for hydroxylation is 1. The summed E-state index contributed by atoms with van der Waals surface area (Å²) in [5, 5.41) is 5.72. The number of nitrogens with zero attached hydrogens (tertiary/aromatic N) is 4. The van der Waals surface area contributed by atoms with Gasteiger partial charge in [-0.25, -0.2) is 14.4 Å². The Morgan fingerprint density at radius 2 is 1.75 bits per heavy atom. The average Bonchev–Trinajstić information content (AvgIpc) is 3.19. The highest BCUT2D eigenvalue weighted by molar-refractivity contribution is 5.92. The van der Waals surface area contributed by atoms with Crippen LogP contribution in [0.25, 0.3) is 22.2 Å². The van der Waals surface area contributed by atoms with Crippen LogP contribution in [0.1, 0.15) is 10.5 Å². The normalized spacial score (nSPS) is 10.9. The minimum absolute atomic E-state index is 0.240. The monoisotopic (exact) mass is 486 g/mol. The second-order valence-electron chi connectivity index (χ2n) is 7.89. The molecular weight excluding hydrogens is 466 g/mol. The van der Waals surface area contributed by atoms with Crippen molar-refractivity contribution in [3.05, 3.63) is 90.5 Å². The van der Waals surface area contributed by atoms with Crippen molar-refractivity contribution in [3.8, 4) is 22.6 Å². The average molecular weight is 486 g/mol. The minimum Gasteiger partial charge on any atom is -0.457 e. The molecule has 10 heteroatoms. The van der Waals surface area contributed by atoms with Crippen LogP contribution in [0.3, 0.4) is 0 Å². The van der Waals surface area contributed by atoms with Crippen molar-refractivity contribution in [1.29, 1.82) is 0 Å². The number of pyridine rings is 2. The van der Waals surface area contributed by atoms with Gasteiger partial charge in [0.15, 0.2) is 0 Å². The maximum atomic E-state index is 14.5. The van der Waals surface area contributed by atoms with Crippen molar-refractivity contribution in [2.24, 2.45) is 7.05 Å². The number of carbonyl (C=O) groups is 1. The molecule has 0 saturated heterocycles. The van der Waals surface area contributed by atoms with Crippen LogP contribution in [-0.2, 0) is 7.05 Å². The number of aromatic nitrogens is 4. The molecule has 3 heterocycles. The van der Waals surface area contributed by atoms with Gasteiger partial charge in [-0.15, -0.1) is 0 Å². The topological polar surface area (TPSA) is 94.0 Å². The van der Waals surface area contributed by atoms with E-state index < -0.39 is 11.8 Å². The summed E-state index contributed by atoms with van der Waals surface area (Å²) in [6.07, 6.45) is 2.79. The summed E-state index contributed by atoms with van der Waals surface area (Å²) >= 11 is 0. The lowest BCUT2D eigenvalue weighted by atomic mass is 10.1. The molecule has 8 nitrogen and oxygen atoms in total. The van der Waals surface area contributed by atoms with Gasteiger partial charge in [0.1, 0.15) is 23.0 Å². The summed E-state index contributed by atoms with van der Waals surface area (Å²) in [6.45, 7) is 0. The maximum absolute atomic E-state index is 14.5. The van der Waals surface area contributed by atoms with E-state index in [1.54, 1.807) is 42.5 Å². The van der Waals surface area contributed by atoms with Gasteiger partial charge >= 0.3 is 0 Å². The smallest absolute Gasteiger partial charge is 0.269 e. The third-order valence-corrected chi connectivity index (χ3v) is 5.54. The highest BCUT2D eigenvalue weighted by Crippen LogP contribution is 2.30.